The van der Waals surface area contributed by atoms with Crippen LogP contribution in [0.15, 0.2) is 0 Å². The van der Waals surface area contributed by atoms with Crippen molar-refractivity contribution < 1.29 is 19.4 Å². The summed E-state index contributed by atoms with van der Waals surface area (Å²) in [6.07, 6.45) is 1.48. The van der Waals surface area contributed by atoms with Gasteiger partial charge in [0, 0.05) is 12.6 Å². The molecule has 0 aliphatic carbocycles. The summed E-state index contributed by atoms with van der Waals surface area (Å²) >= 11 is 0. The Labute approximate surface area is 114 Å². The number of carbonyl (C=O) groups is 2. The topological polar surface area (TPSA) is 78.9 Å². The van der Waals surface area contributed by atoms with Gasteiger partial charge in [0.05, 0.1) is 25.2 Å². The quantitative estimate of drug-likeness (QED) is 0.794. The average Bonchev–Trinajstić information content (AvgIpc) is 2.26. The van der Waals surface area contributed by atoms with E-state index in [1.54, 1.807) is 4.90 Å². The molecule has 0 aromatic carbocycles. The standard InChI is InChI=1S/C13H24N2O4/c1-4-5-10(8-11(16)17)14-12(18)15-6-7-19-13(2,3)9-15/h10H,4-9H2,1-3H3,(H,14,18)(H,16,17). The van der Waals surface area contributed by atoms with Crippen molar-refractivity contribution in [2.24, 2.45) is 0 Å². The highest BCUT2D eigenvalue weighted by Gasteiger charge is 2.30. The Morgan fingerprint density at radius 1 is 1.47 bits per heavy atom. The van der Waals surface area contributed by atoms with Crippen molar-refractivity contribution in [3.05, 3.63) is 0 Å². The number of carboxylic acid groups (broad SMARTS) is 1. The maximum absolute atomic E-state index is 12.1. The summed E-state index contributed by atoms with van der Waals surface area (Å²) in [7, 11) is 0. The molecule has 1 aliphatic heterocycles. The Bertz CT molecular complexity index is 331. The minimum absolute atomic E-state index is 0.0344. The van der Waals surface area contributed by atoms with Crippen LogP contribution in [0, 0.1) is 0 Å². The van der Waals surface area contributed by atoms with E-state index >= 15 is 0 Å². The number of nitrogens with zero attached hydrogens (tertiary/aromatic N) is 1. The molecule has 1 heterocycles. The molecule has 1 atom stereocenters. The van der Waals surface area contributed by atoms with Gasteiger partial charge in [-0.15, -0.1) is 0 Å². The molecular weight excluding hydrogens is 248 g/mol. The molecule has 2 N–H and O–H groups in total. The molecule has 0 bridgehead atoms. The van der Waals surface area contributed by atoms with Gasteiger partial charge in [0.1, 0.15) is 0 Å². The van der Waals surface area contributed by atoms with Gasteiger partial charge >= 0.3 is 12.0 Å². The van der Waals surface area contributed by atoms with E-state index in [0.29, 0.717) is 26.1 Å². The molecule has 0 saturated carbocycles. The van der Waals surface area contributed by atoms with Crippen LogP contribution in [0.2, 0.25) is 0 Å². The second-order valence-corrected chi connectivity index (χ2v) is 5.56. The summed E-state index contributed by atoms with van der Waals surface area (Å²) in [5, 5.41) is 11.6. The summed E-state index contributed by atoms with van der Waals surface area (Å²) in [5.74, 6) is -0.888. The highest BCUT2D eigenvalue weighted by atomic mass is 16.5. The molecule has 1 aliphatic rings. The third kappa shape index (κ3) is 5.46. The third-order valence-corrected chi connectivity index (χ3v) is 3.10. The lowest BCUT2D eigenvalue weighted by molar-refractivity contribution is -0.137. The molecular formula is C13H24N2O4. The molecule has 1 saturated heterocycles. The highest BCUT2D eigenvalue weighted by molar-refractivity contribution is 5.76. The predicted octanol–water partition coefficient (Wildman–Crippen LogP) is 1.45. The maximum Gasteiger partial charge on any atom is 0.317 e. The van der Waals surface area contributed by atoms with E-state index in [4.69, 9.17) is 9.84 Å². The lowest BCUT2D eigenvalue weighted by Crippen LogP contribution is -2.55. The number of amides is 2. The van der Waals surface area contributed by atoms with Crippen LogP contribution in [0.3, 0.4) is 0 Å². The molecule has 6 heteroatoms. The Morgan fingerprint density at radius 2 is 2.16 bits per heavy atom. The summed E-state index contributed by atoms with van der Waals surface area (Å²) in [6.45, 7) is 7.42. The SMILES string of the molecule is CCCC(CC(=O)O)NC(=O)N1CCOC(C)(C)C1. The second-order valence-electron chi connectivity index (χ2n) is 5.56. The van der Waals surface area contributed by atoms with E-state index in [0.717, 1.165) is 6.42 Å². The van der Waals surface area contributed by atoms with Gasteiger partial charge in [0.25, 0.3) is 0 Å². The molecule has 0 spiro atoms. The summed E-state index contributed by atoms with van der Waals surface area (Å²) in [6, 6.07) is -0.503. The van der Waals surface area contributed by atoms with Gasteiger partial charge in [-0.3, -0.25) is 4.79 Å². The highest BCUT2D eigenvalue weighted by Crippen LogP contribution is 2.16. The Morgan fingerprint density at radius 3 is 2.68 bits per heavy atom. The molecule has 19 heavy (non-hydrogen) atoms. The first-order valence-corrected chi connectivity index (χ1v) is 6.75. The van der Waals surface area contributed by atoms with Crippen LogP contribution in [0.25, 0.3) is 0 Å². The minimum atomic E-state index is -0.888. The Hall–Kier alpha value is -1.30. The summed E-state index contributed by atoms with van der Waals surface area (Å²) in [4.78, 5) is 24.6. The normalized spacial score (nSPS) is 19.8. The van der Waals surface area contributed by atoms with Crippen molar-refractivity contribution >= 4 is 12.0 Å². The first kappa shape index (κ1) is 15.8. The minimum Gasteiger partial charge on any atom is -0.481 e. The lowest BCUT2D eigenvalue weighted by atomic mass is 10.1. The van der Waals surface area contributed by atoms with Gasteiger partial charge in [-0.1, -0.05) is 13.3 Å². The number of carbonyl (C=O) groups excluding carboxylic acids is 1. The zero-order valence-electron chi connectivity index (χ0n) is 11.9. The molecule has 0 radical (unpaired) electrons. The van der Waals surface area contributed by atoms with E-state index in [2.05, 4.69) is 5.32 Å². The number of morpholine rings is 1. The first-order valence-electron chi connectivity index (χ1n) is 6.75. The number of nitrogens with one attached hydrogen (secondary N) is 1. The molecule has 2 amide bonds. The largest absolute Gasteiger partial charge is 0.481 e. The van der Waals surface area contributed by atoms with E-state index < -0.39 is 5.97 Å². The van der Waals surface area contributed by atoms with E-state index in [1.807, 2.05) is 20.8 Å². The summed E-state index contributed by atoms with van der Waals surface area (Å²) < 4.78 is 5.55. The van der Waals surface area contributed by atoms with Crippen molar-refractivity contribution in [3.63, 3.8) is 0 Å². The predicted molar refractivity (Wildman–Crippen MR) is 71.1 cm³/mol. The number of carboxylic acids is 1. The van der Waals surface area contributed by atoms with Crippen molar-refractivity contribution in [1.82, 2.24) is 10.2 Å². The van der Waals surface area contributed by atoms with Crippen LogP contribution < -0.4 is 5.32 Å². The number of hydrogen-bond acceptors (Lipinski definition) is 3. The number of ether oxygens (including phenoxy) is 1. The van der Waals surface area contributed by atoms with Crippen LogP contribution in [-0.2, 0) is 9.53 Å². The molecule has 0 aromatic rings. The monoisotopic (exact) mass is 272 g/mol. The lowest BCUT2D eigenvalue weighted by Gasteiger charge is -2.38. The van der Waals surface area contributed by atoms with Crippen molar-refractivity contribution in [2.75, 3.05) is 19.7 Å². The van der Waals surface area contributed by atoms with Crippen LogP contribution >= 0.6 is 0 Å². The number of hydrogen-bond donors (Lipinski definition) is 2. The molecule has 1 rings (SSSR count). The van der Waals surface area contributed by atoms with Crippen LogP contribution in [-0.4, -0.2) is 53.3 Å². The fourth-order valence-electron chi connectivity index (χ4n) is 2.24. The number of rotatable bonds is 5. The second kappa shape index (κ2) is 6.75. The molecule has 1 fully saturated rings. The Kier molecular flexibility index (Phi) is 5.60. The number of urea groups is 1. The fraction of sp³-hybridized carbons (Fsp3) is 0.846. The zero-order valence-corrected chi connectivity index (χ0v) is 11.9. The Balaban J connectivity index is 2.53. The van der Waals surface area contributed by atoms with Gasteiger partial charge in [-0.25, -0.2) is 4.79 Å². The van der Waals surface area contributed by atoms with Gasteiger partial charge in [-0.2, -0.15) is 0 Å². The zero-order chi connectivity index (χ0) is 14.5. The van der Waals surface area contributed by atoms with Gasteiger partial charge in [0.2, 0.25) is 0 Å². The fourth-order valence-corrected chi connectivity index (χ4v) is 2.24. The average molecular weight is 272 g/mol. The maximum atomic E-state index is 12.1. The van der Waals surface area contributed by atoms with Gasteiger partial charge < -0.3 is 20.1 Å². The molecule has 110 valence electrons. The van der Waals surface area contributed by atoms with Gasteiger partial charge in [0.15, 0.2) is 0 Å². The molecule has 0 aromatic heterocycles. The smallest absolute Gasteiger partial charge is 0.317 e. The van der Waals surface area contributed by atoms with E-state index in [-0.39, 0.29) is 24.1 Å². The van der Waals surface area contributed by atoms with Crippen LogP contribution in [0.4, 0.5) is 4.79 Å². The first-order chi connectivity index (χ1) is 8.84. The van der Waals surface area contributed by atoms with Crippen molar-refractivity contribution in [1.29, 1.82) is 0 Å². The van der Waals surface area contributed by atoms with Crippen molar-refractivity contribution in [2.45, 2.75) is 51.7 Å². The third-order valence-electron chi connectivity index (χ3n) is 3.10. The number of aliphatic carboxylic acids is 1. The van der Waals surface area contributed by atoms with Crippen LogP contribution in [0.5, 0.6) is 0 Å². The molecule has 1 unspecified atom stereocenters. The van der Waals surface area contributed by atoms with Crippen LogP contribution in [0.1, 0.15) is 40.0 Å². The molecule has 6 nitrogen and oxygen atoms in total. The summed E-state index contributed by atoms with van der Waals surface area (Å²) in [5.41, 5.74) is -0.345. The van der Waals surface area contributed by atoms with E-state index in [9.17, 15) is 9.59 Å². The van der Waals surface area contributed by atoms with Gasteiger partial charge in [-0.05, 0) is 20.3 Å². The van der Waals surface area contributed by atoms with E-state index in [1.165, 1.54) is 0 Å². The van der Waals surface area contributed by atoms with Crippen molar-refractivity contribution in [3.8, 4) is 0 Å².